The summed E-state index contributed by atoms with van der Waals surface area (Å²) in [4.78, 5) is 24.3. The smallest absolute Gasteiger partial charge is 0.337 e. The van der Waals surface area contributed by atoms with E-state index >= 15 is 0 Å². The first-order valence-electron chi connectivity index (χ1n) is 6.83. The van der Waals surface area contributed by atoms with Gasteiger partial charge in [-0.15, -0.1) is 0 Å². The van der Waals surface area contributed by atoms with Gasteiger partial charge in [0.05, 0.1) is 6.54 Å². The van der Waals surface area contributed by atoms with Crippen molar-refractivity contribution in [3.8, 4) is 0 Å². The van der Waals surface area contributed by atoms with Crippen molar-refractivity contribution in [2.45, 2.75) is 52.1 Å². The van der Waals surface area contributed by atoms with Gasteiger partial charge in [0.15, 0.2) is 5.60 Å². The van der Waals surface area contributed by atoms with Crippen molar-refractivity contribution in [1.82, 2.24) is 10.2 Å². The number of nitrogens with zero attached hydrogens (tertiary/aromatic N) is 1. The Balaban J connectivity index is 4.34. The van der Waals surface area contributed by atoms with Crippen molar-refractivity contribution >= 4 is 12.0 Å². The molecule has 0 heterocycles. The molecule has 1 atom stereocenters. The largest absolute Gasteiger partial charge is 0.479 e. The van der Waals surface area contributed by atoms with E-state index in [1.165, 1.54) is 0 Å². The van der Waals surface area contributed by atoms with E-state index in [1.54, 1.807) is 4.90 Å². The second kappa shape index (κ2) is 8.74. The Morgan fingerprint density at radius 2 is 1.63 bits per heavy atom. The van der Waals surface area contributed by atoms with Crippen LogP contribution in [0.4, 0.5) is 4.79 Å². The minimum Gasteiger partial charge on any atom is -0.479 e. The summed E-state index contributed by atoms with van der Waals surface area (Å²) in [5.74, 6) is -1.35. The maximum absolute atomic E-state index is 11.9. The number of aliphatic hydroxyl groups is 1. The summed E-state index contributed by atoms with van der Waals surface area (Å²) in [7, 11) is 0. The molecule has 0 saturated carbocycles. The van der Waals surface area contributed by atoms with Crippen LogP contribution in [0.1, 0.15) is 46.5 Å². The zero-order chi connectivity index (χ0) is 14.9. The lowest BCUT2D eigenvalue weighted by molar-refractivity contribution is -0.155. The molecule has 0 saturated heterocycles. The van der Waals surface area contributed by atoms with E-state index in [0.29, 0.717) is 13.1 Å². The first-order valence-corrected chi connectivity index (χ1v) is 6.83. The number of carbonyl (C=O) groups excluding carboxylic acids is 1. The minimum atomic E-state index is -1.93. The number of amides is 2. The predicted molar refractivity (Wildman–Crippen MR) is 73.0 cm³/mol. The Morgan fingerprint density at radius 1 is 1.16 bits per heavy atom. The molecule has 0 radical (unpaired) electrons. The second-order valence-corrected chi connectivity index (χ2v) is 4.93. The number of carboxylic acids is 1. The molecule has 112 valence electrons. The topological polar surface area (TPSA) is 89.9 Å². The third kappa shape index (κ3) is 7.00. The van der Waals surface area contributed by atoms with Crippen molar-refractivity contribution < 1.29 is 19.8 Å². The minimum absolute atomic E-state index is 0.296. The average Bonchev–Trinajstić information content (AvgIpc) is 2.36. The molecule has 0 aliphatic heterocycles. The third-order valence-corrected chi connectivity index (χ3v) is 2.89. The lowest BCUT2D eigenvalue weighted by Gasteiger charge is -2.25. The quantitative estimate of drug-likeness (QED) is 0.593. The fourth-order valence-corrected chi connectivity index (χ4v) is 1.45. The highest BCUT2D eigenvalue weighted by atomic mass is 16.4. The Bertz CT molecular complexity index is 284. The van der Waals surface area contributed by atoms with E-state index < -0.39 is 11.6 Å². The average molecular weight is 274 g/mol. The molecular weight excluding hydrogens is 248 g/mol. The summed E-state index contributed by atoms with van der Waals surface area (Å²) >= 11 is 0. The van der Waals surface area contributed by atoms with Crippen LogP contribution in [0.2, 0.25) is 0 Å². The number of aliphatic carboxylic acids is 1. The molecule has 2 amide bonds. The fourth-order valence-electron chi connectivity index (χ4n) is 1.45. The maximum Gasteiger partial charge on any atom is 0.337 e. The van der Waals surface area contributed by atoms with E-state index in [0.717, 1.165) is 32.6 Å². The molecule has 0 aromatic carbocycles. The first kappa shape index (κ1) is 17.7. The normalized spacial score (nSPS) is 13.7. The van der Waals surface area contributed by atoms with Crippen LogP contribution in [0.15, 0.2) is 0 Å². The van der Waals surface area contributed by atoms with Crippen LogP contribution in [0.3, 0.4) is 0 Å². The zero-order valence-electron chi connectivity index (χ0n) is 12.1. The second-order valence-electron chi connectivity index (χ2n) is 4.93. The van der Waals surface area contributed by atoms with Gasteiger partial charge >= 0.3 is 12.0 Å². The van der Waals surface area contributed by atoms with E-state index in [2.05, 4.69) is 5.32 Å². The van der Waals surface area contributed by atoms with Crippen LogP contribution < -0.4 is 5.32 Å². The van der Waals surface area contributed by atoms with E-state index in [-0.39, 0.29) is 12.6 Å². The van der Waals surface area contributed by atoms with Crippen LogP contribution >= 0.6 is 0 Å². The zero-order valence-corrected chi connectivity index (χ0v) is 12.1. The van der Waals surface area contributed by atoms with E-state index in [4.69, 9.17) is 5.11 Å². The highest BCUT2D eigenvalue weighted by Crippen LogP contribution is 2.03. The van der Waals surface area contributed by atoms with E-state index in [1.807, 2.05) is 13.8 Å². The van der Waals surface area contributed by atoms with Crippen molar-refractivity contribution in [2.75, 3.05) is 19.6 Å². The Kier molecular flexibility index (Phi) is 8.14. The maximum atomic E-state index is 11.9. The van der Waals surface area contributed by atoms with Crippen LogP contribution in [0.5, 0.6) is 0 Å². The number of carbonyl (C=O) groups is 2. The Morgan fingerprint density at radius 3 is 2.00 bits per heavy atom. The highest BCUT2D eigenvalue weighted by molar-refractivity contribution is 5.79. The van der Waals surface area contributed by atoms with Crippen molar-refractivity contribution in [2.24, 2.45) is 0 Å². The van der Waals surface area contributed by atoms with E-state index in [9.17, 15) is 14.7 Å². The molecule has 6 heteroatoms. The van der Waals surface area contributed by atoms with Crippen molar-refractivity contribution in [3.63, 3.8) is 0 Å². The van der Waals surface area contributed by atoms with Gasteiger partial charge in [0.2, 0.25) is 0 Å². The van der Waals surface area contributed by atoms with Gasteiger partial charge in [0.25, 0.3) is 0 Å². The third-order valence-electron chi connectivity index (χ3n) is 2.89. The summed E-state index contributed by atoms with van der Waals surface area (Å²) in [6, 6.07) is -0.316. The summed E-state index contributed by atoms with van der Waals surface area (Å²) in [5.41, 5.74) is -1.93. The summed E-state index contributed by atoms with van der Waals surface area (Å²) < 4.78 is 0. The lowest BCUT2D eigenvalue weighted by atomic mass is 10.1. The van der Waals surface area contributed by atoms with Crippen LogP contribution in [-0.4, -0.2) is 52.3 Å². The number of hydrogen-bond acceptors (Lipinski definition) is 3. The van der Waals surface area contributed by atoms with Gasteiger partial charge in [-0.1, -0.05) is 26.7 Å². The number of unbranched alkanes of at least 4 members (excludes halogenated alkanes) is 2. The SMILES string of the molecule is CCCCN(CCCC)C(=O)NCC(C)(O)C(=O)O. The lowest BCUT2D eigenvalue weighted by Crippen LogP contribution is -2.50. The van der Waals surface area contributed by atoms with Gasteiger partial charge in [-0.05, 0) is 19.8 Å². The summed E-state index contributed by atoms with van der Waals surface area (Å²) in [6.45, 7) is 6.26. The molecule has 1 unspecified atom stereocenters. The van der Waals surface area contributed by atoms with Crippen LogP contribution in [0.25, 0.3) is 0 Å². The Labute approximate surface area is 114 Å². The predicted octanol–water partition coefficient (Wildman–Crippen LogP) is 1.43. The van der Waals surface area contributed by atoms with Gasteiger partial charge in [0, 0.05) is 13.1 Å². The molecule has 0 aliphatic carbocycles. The van der Waals surface area contributed by atoms with Gasteiger partial charge in [-0.25, -0.2) is 9.59 Å². The van der Waals surface area contributed by atoms with Gasteiger partial charge in [-0.3, -0.25) is 0 Å². The summed E-state index contributed by atoms with van der Waals surface area (Å²) in [6.07, 6.45) is 3.80. The van der Waals surface area contributed by atoms with Crippen LogP contribution in [0, 0.1) is 0 Å². The first-order chi connectivity index (χ1) is 8.85. The van der Waals surface area contributed by atoms with Crippen molar-refractivity contribution in [3.05, 3.63) is 0 Å². The molecule has 0 aliphatic rings. The molecule has 0 spiro atoms. The molecular formula is C13H26N2O4. The number of nitrogens with one attached hydrogen (secondary N) is 1. The number of carboxylic acid groups (broad SMARTS) is 1. The van der Waals surface area contributed by atoms with Crippen molar-refractivity contribution in [1.29, 1.82) is 0 Å². The number of hydrogen-bond donors (Lipinski definition) is 3. The molecule has 0 rings (SSSR count). The number of urea groups is 1. The fraction of sp³-hybridized carbons (Fsp3) is 0.846. The molecule has 6 nitrogen and oxygen atoms in total. The molecule has 0 aromatic heterocycles. The van der Waals surface area contributed by atoms with Gasteiger partial charge in [-0.2, -0.15) is 0 Å². The monoisotopic (exact) mass is 274 g/mol. The molecule has 3 N–H and O–H groups in total. The standard InChI is InChI=1S/C13H26N2O4/c1-4-6-8-15(9-7-5-2)12(18)14-10-13(3,19)11(16)17/h19H,4-10H2,1-3H3,(H,14,18)(H,16,17). The molecule has 0 bridgehead atoms. The molecule has 0 fully saturated rings. The molecule has 19 heavy (non-hydrogen) atoms. The van der Waals surface area contributed by atoms with Gasteiger partial charge < -0.3 is 20.4 Å². The summed E-state index contributed by atoms with van der Waals surface area (Å²) in [5, 5.41) is 20.8. The van der Waals surface area contributed by atoms with Crippen LogP contribution in [-0.2, 0) is 4.79 Å². The number of rotatable bonds is 9. The van der Waals surface area contributed by atoms with Gasteiger partial charge in [0.1, 0.15) is 0 Å². The highest BCUT2D eigenvalue weighted by Gasteiger charge is 2.30. The Hall–Kier alpha value is -1.30. The molecule has 0 aromatic rings.